The van der Waals surface area contributed by atoms with Gasteiger partial charge in [0.05, 0.1) is 27.5 Å². The zero-order chi connectivity index (χ0) is 16.0. The molecule has 118 valence electrons. The highest BCUT2D eigenvalue weighted by Crippen LogP contribution is 2.32. The summed E-state index contributed by atoms with van der Waals surface area (Å²) in [5.74, 6) is 0.886. The Morgan fingerprint density at radius 2 is 1.78 bits per heavy atom. The minimum atomic E-state index is 0.685. The van der Waals surface area contributed by atoms with Gasteiger partial charge in [-0.1, -0.05) is 23.7 Å². The average molecular weight is 328 g/mol. The van der Waals surface area contributed by atoms with E-state index in [4.69, 9.17) is 16.7 Å². The Hall–Kier alpha value is -2.14. The number of aryl methyl sites for hydroxylation is 2. The fraction of sp³-hybridized carbons (Fsp3) is 0.353. The Balaban J connectivity index is 1.98. The highest BCUT2D eigenvalue weighted by molar-refractivity contribution is 6.32. The molecular weight excluding hydrogens is 310 g/mol. The fourth-order valence-electron chi connectivity index (χ4n) is 3.31. The molecule has 5 nitrogen and oxygen atoms in total. The lowest BCUT2D eigenvalue weighted by molar-refractivity contribution is 0.853. The first kappa shape index (κ1) is 14.5. The molecule has 0 amide bonds. The first-order valence-corrected chi connectivity index (χ1v) is 8.27. The van der Waals surface area contributed by atoms with Gasteiger partial charge in [0.15, 0.2) is 5.82 Å². The van der Waals surface area contributed by atoms with Crippen LogP contribution < -0.4 is 4.90 Å². The third-order valence-electron chi connectivity index (χ3n) is 4.47. The Bertz CT molecular complexity index is 880. The van der Waals surface area contributed by atoms with Gasteiger partial charge in [-0.05, 0) is 38.8 Å². The first-order valence-electron chi connectivity index (χ1n) is 7.89. The number of halogens is 1. The molecule has 0 bridgehead atoms. The molecule has 1 aliphatic heterocycles. The summed E-state index contributed by atoms with van der Waals surface area (Å²) in [5.41, 5.74) is 3.74. The van der Waals surface area contributed by atoms with Gasteiger partial charge in [-0.2, -0.15) is 10.2 Å². The molecule has 23 heavy (non-hydrogen) atoms. The molecule has 0 spiro atoms. The Labute approximate surface area is 139 Å². The van der Waals surface area contributed by atoms with Crippen molar-refractivity contribution in [1.82, 2.24) is 20.0 Å². The third kappa shape index (κ3) is 2.27. The molecule has 2 aromatic heterocycles. The standard InChI is InChI=1S/C17H18ClN5/c1-11-15-12(2)23(14-8-4-3-7-13(14)18)21-16(15)17(20-19-11)22-9-5-6-10-22/h3-4,7-8H,5-6,9-10H2,1-2H3. The maximum atomic E-state index is 6.36. The van der Waals surface area contributed by atoms with Crippen molar-refractivity contribution in [2.75, 3.05) is 18.0 Å². The number of benzene rings is 1. The summed E-state index contributed by atoms with van der Waals surface area (Å²) in [6, 6.07) is 7.76. The van der Waals surface area contributed by atoms with Gasteiger partial charge in [0.1, 0.15) is 5.52 Å². The van der Waals surface area contributed by atoms with E-state index < -0.39 is 0 Å². The molecule has 1 saturated heterocycles. The second-order valence-corrected chi connectivity index (χ2v) is 6.38. The fourth-order valence-corrected chi connectivity index (χ4v) is 3.53. The van der Waals surface area contributed by atoms with Gasteiger partial charge in [-0.3, -0.25) is 0 Å². The molecule has 1 fully saturated rings. The van der Waals surface area contributed by atoms with Crippen LogP contribution in [-0.4, -0.2) is 33.1 Å². The van der Waals surface area contributed by atoms with Gasteiger partial charge in [-0.15, -0.1) is 5.10 Å². The summed E-state index contributed by atoms with van der Waals surface area (Å²) >= 11 is 6.36. The monoisotopic (exact) mass is 327 g/mol. The summed E-state index contributed by atoms with van der Waals surface area (Å²) in [5, 5.41) is 15.4. The predicted octanol–water partition coefficient (Wildman–Crippen LogP) is 3.69. The minimum absolute atomic E-state index is 0.685. The largest absolute Gasteiger partial charge is 0.353 e. The normalized spacial score (nSPS) is 14.8. The van der Waals surface area contributed by atoms with Crippen molar-refractivity contribution in [1.29, 1.82) is 0 Å². The third-order valence-corrected chi connectivity index (χ3v) is 4.79. The van der Waals surface area contributed by atoms with Crippen LogP contribution in [0.25, 0.3) is 16.6 Å². The molecular formula is C17H18ClN5. The minimum Gasteiger partial charge on any atom is -0.353 e. The summed E-state index contributed by atoms with van der Waals surface area (Å²) in [6.45, 7) is 6.07. The van der Waals surface area contributed by atoms with Crippen LogP contribution in [0.15, 0.2) is 24.3 Å². The first-order chi connectivity index (χ1) is 11.2. The second kappa shape index (κ2) is 5.49. The number of hydrogen-bond acceptors (Lipinski definition) is 4. The van der Waals surface area contributed by atoms with Crippen LogP contribution in [0.3, 0.4) is 0 Å². The summed E-state index contributed by atoms with van der Waals surface area (Å²) in [6.07, 6.45) is 2.39. The molecule has 1 aliphatic rings. The number of nitrogens with zero attached hydrogens (tertiary/aromatic N) is 5. The van der Waals surface area contributed by atoms with E-state index >= 15 is 0 Å². The lowest BCUT2D eigenvalue weighted by Crippen LogP contribution is -2.20. The Morgan fingerprint density at radius 1 is 1.04 bits per heavy atom. The maximum absolute atomic E-state index is 6.36. The van der Waals surface area contributed by atoms with Crippen LogP contribution in [0.1, 0.15) is 24.2 Å². The SMILES string of the molecule is Cc1nnc(N2CCCC2)c2nn(-c3ccccc3Cl)c(C)c12. The molecule has 0 radical (unpaired) electrons. The van der Waals surface area contributed by atoms with E-state index in [1.54, 1.807) is 0 Å². The molecule has 3 heterocycles. The number of anilines is 1. The van der Waals surface area contributed by atoms with Gasteiger partial charge in [-0.25, -0.2) is 4.68 Å². The van der Waals surface area contributed by atoms with Crippen molar-refractivity contribution in [3.05, 3.63) is 40.7 Å². The lowest BCUT2D eigenvalue weighted by atomic mass is 10.2. The predicted molar refractivity (Wildman–Crippen MR) is 92.6 cm³/mol. The van der Waals surface area contributed by atoms with Crippen molar-refractivity contribution in [2.24, 2.45) is 0 Å². The van der Waals surface area contributed by atoms with E-state index in [1.165, 1.54) is 12.8 Å². The molecule has 0 atom stereocenters. The highest BCUT2D eigenvalue weighted by Gasteiger charge is 2.22. The Kier molecular flexibility index (Phi) is 3.45. The van der Waals surface area contributed by atoms with Gasteiger partial charge in [0.2, 0.25) is 0 Å². The van der Waals surface area contributed by atoms with E-state index in [1.807, 2.05) is 35.9 Å². The van der Waals surface area contributed by atoms with E-state index in [0.717, 1.165) is 46.9 Å². The molecule has 0 unspecified atom stereocenters. The van der Waals surface area contributed by atoms with Crippen LogP contribution in [0.5, 0.6) is 0 Å². The highest BCUT2D eigenvalue weighted by atomic mass is 35.5. The maximum Gasteiger partial charge on any atom is 0.179 e. The van der Waals surface area contributed by atoms with Crippen LogP contribution in [0.4, 0.5) is 5.82 Å². The quantitative estimate of drug-likeness (QED) is 0.720. The number of fused-ring (bicyclic) bond motifs is 1. The Morgan fingerprint density at radius 3 is 2.52 bits per heavy atom. The molecule has 0 aliphatic carbocycles. The zero-order valence-corrected chi connectivity index (χ0v) is 14.0. The number of hydrogen-bond donors (Lipinski definition) is 0. The molecule has 4 rings (SSSR count). The lowest BCUT2D eigenvalue weighted by Gasteiger charge is -2.15. The van der Waals surface area contributed by atoms with Gasteiger partial charge >= 0.3 is 0 Å². The van der Waals surface area contributed by atoms with Gasteiger partial charge < -0.3 is 4.90 Å². The van der Waals surface area contributed by atoms with E-state index in [-0.39, 0.29) is 0 Å². The van der Waals surface area contributed by atoms with Crippen molar-refractivity contribution in [3.8, 4) is 5.69 Å². The second-order valence-electron chi connectivity index (χ2n) is 5.98. The molecule has 3 aromatic rings. The number of para-hydroxylation sites is 1. The van der Waals surface area contributed by atoms with Crippen molar-refractivity contribution in [3.63, 3.8) is 0 Å². The smallest absolute Gasteiger partial charge is 0.179 e. The average Bonchev–Trinajstić information content (AvgIpc) is 3.17. The zero-order valence-electron chi connectivity index (χ0n) is 13.3. The van der Waals surface area contributed by atoms with Crippen molar-refractivity contribution >= 4 is 28.3 Å². The number of rotatable bonds is 2. The van der Waals surface area contributed by atoms with Gasteiger partial charge in [0, 0.05) is 13.1 Å². The number of aromatic nitrogens is 4. The van der Waals surface area contributed by atoms with E-state index in [9.17, 15) is 0 Å². The van der Waals surface area contributed by atoms with Crippen molar-refractivity contribution in [2.45, 2.75) is 26.7 Å². The topological polar surface area (TPSA) is 46.8 Å². The van der Waals surface area contributed by atoms with Gasteiger partial charge in [0.25, 0.3) is 0 Å². The van der Waals surface area contributed by atoms with Crippen molar-refractivity contribution < 1.29 is 0 Å². The van der Waals surface area contributed by atoms with E-state index in [2.05, 4.69) is 22.0 Å². The van der Waals surface area contributed by atoms with Crippen LogP contribution in [0.2, 0.25) is 5.02 Å². The molecule has 1 aromatic carbocycles. The summed E-state index contributed by atoms with van der Waals surface area (Å²) < 4.78 is 1.91. The molecule has 6 heteroatoms. The molecule has 0 N–H and O–H groups in total. The molecule has 0 saturated carbocycles. The summed E-state index contributed by atoms with van der Waals surface area (Å²) in [7, 11) is 0. The summed E-state index contributed by atoms with van der Waals surface area (Å²) in [4.78, 5) is 2.28. The van der Waals surface area contributed by atoms with Crippen LogP contribution in [0, 0.1) is 13.8 Å². The van der Waals surface area contributed by atoms with Crippen LogP contribution in [-0.2, 0) is 0 Å². The van der Waals surface area contributed by atoms with E-state index in [0.29, 0.717) is 5.02 Å². The van der Waals surface area contributed by atoms with Crippen LogP contribution >= 0.6 is 11.6 Å².